The Morgan fingerprint density at radius 3 is 2.89 bits per heavy atom. The molecule has 3 heteroatoms. The second-order valence-corrected chi connectivity index (χ2v) is 2.28. The van der Waals surface area contributed by atoms with E-state index < -0.39 is 0 Å². The van der Waals surface area contributed by atoms with Crippen LogP contribution in [0.25, 0.3) is 0 Å². The molecule has 0 bridgehead atoms. The highest BCUT2D eigenvalue weighted by molar-refractivity contribution is 4.83. The molecule has 9 heavy (non-hydrogen) atoms. The smallest absolute Gasteiger partial charge is 0.273 e. The molecule has 0 fully saturated rings. The fraction of sp³-hybridized carbons (Fsp3) is 0.667. The van der Waals surface area contributed by atoms with E-state index in [1.807, 2.05) is 31.1 Å². The lowest BCUT2D eigenvalue weighted by molar-refractivity contribution is -0.597. The second-order valence-electron chi connectivity index (χ2n) is 2.28. The maximum Gasteiger partial charge on any atom is 0.273 e. The van der Waals surface area contributed by atoms with Gasteiger partial charge in [-0.15, -0.1) is 0 Å². The van der Waals surface area contributed by atoms with E-state index in [-0.39, 0.29) is 6.17 Å². The average Bonchev–Trinajstić information content (AvgIpc) is 1.83. The summed E-state index contributed by atoms with van der Waals surface area (Å²) in [6.07, 6.45) is 3.78. The SMILES string of the molecule is CC1N(C)C=CC[N+]1=O. The first-order valence-electron chi connectivity index (χ1n) is 3.04. The third kappa shape index (κ3) is 1.09. The zero-order chi connectivity index (χ0) is 6.85. The molecule has 0 aromatic rings. The molecule has 1 aliphatic heterocycles. The fourth-order valence-corrected chi connectivity index (χ4v) is 0.798. The largest absolute Gasteiger partial charge is 0.321 e. The van der Waals surface area contributed by atoms with E-state index in [1.54, 1.807) is 0 Å². The zero-order valence-electron chi connectivity index (χ0n) is 5.74. The number of rotatable bonds is 0. The van der Waals surface area contributed by atoms with Gasteiger partial charge in [0.05, 0.1) is 0 Å². The van der Waals surface area contributed by atoms with Crippen LogP contribution in [0, 0.1) is 4.91 Å². The number of nitrogens with zero attached hydrogens (tertiary/aromatic N) is 2. The standard InChI is InChI=1S/C6H11N2O/c1-6-7(2)4-3-5-8(6)9/h3-4,6H,5H2,1-2H3/q+1. The summed E-state index contributed by atoms with van der Waals surface area (Å²) >= 11 is 0. The summed E-state index contributed by atoms with van der Waals surface area (Å²) < 4.78 is 1.04. The van der Waals surface area contributed by atoms with E-state index in [1.165, 1.54) is 0 Å². The molecule has 1 unspecified atom stereocenters. The van der Waals surface area contributed by atoms with Crippen LogP contribution in [0.5, 0.6) is 0 Å². The fourth-order valence-electron chi connectivity index (χ4n) is 0.798. The van der Waals surface area contributed by atoms with Crippen molar-refractivity contribution in [3.8, 4) is 0 Å². The van der Waals surface area contributed by atoms with E-state index in [0.717, 1.165) is 4.76 Å². The Morgan fingerprint density at radius 2 is 2.44 bits per heavy atom. The van der Waals surface area contributed by atoms with E-state index in [2.05, 4.69) is 0 Å². The van der Waals surface area contributed by atoms with Gasteiger partial charge in [-0.25, -0.2) is 0 Å². The molecular formula is C6H11N2O+. The van der Waals surface area contributed by atoms with Crippen molar-refractivity contribution >= 4 is 0 Å². The van der Waals surface area contributed by atoms with Crippen molar-refractivity contribution in [3.05, 3.63) is 17.2 Å². The summed E-state index contributed by atoms with van der Waals surface area (Å²) in [5.74, 6) is 0. The predicted octanol–water partition coefficient (Wildman–Crippen LogP) is 0.570. The molecule has 1 rings (SSSR count). The highest BCUT2D eigenvalue weighted by atomic mass is 16.3. The highest BCUT2D eigenvalue weighted by Gasteiger charge is 2.23. The normalized spacial score (nSPS) is 27.1. The molecule has 50 valence electrons. The van der Waals surface area contributed by atoms with Crippen molar-refractivity contribution in [2.75, 3.05) is 13.6 Å². The van der Waals surface area contributed by atoms with Gasteiger partial charge in [0.15, 0.2) is 0 Å². The molecule has 0 aromatic heterocycles. The van der Waals surface area contributed by atoms with E-state index in [0.29, 0.717) is 6.54 Å². The number of hydrogen-bond donors (Lipinski definition) is 0. The van der Waals surface area contributed by atoms with E-state index in [4.69, 9.17) is 0 Å². The number of hydrogen-bond acceptors (Lipinski definition) is 2. The molecule has 3 nitrogen and oxygen atoms in total. The minimum atomic E-state index is -0.00463. The van der Waals surface area contributed by atoms with Crippen molar-refractivity contribution in [3.63, 3.8) is 0 Å². The Morgan fingerprint density at radius 1 is 1.78 bits per heavy atom. The molecule has 0 aliphatic carbocycles. The predicted molar refractivity (Wildman–Crippen MR) is 34.9 cm³/mol. The Balaban J connectivity index is 2.69. The quantitative estimate of drug-likeness (QED) is 0.444. The van der Waals surface area contributed by atoms with Crippen LogP contribution in [-0.2, 0) is 0 Å². The molecule has 0 radical (unpaired) electrons. The van der Waals surface area contributed by atoms with Gasteiger partial charge in [-0.3, -0.25) is 0 Å². The molecule has 1 aliphatic rings. The first-order chi connectivity index (χ1) is 4.22. The van der Waals surface area contributed by atoms with Gasteiger partial charge >= 0.3 is 0 Å². The molecule has 0 spiro atoms. The lowest BCUT2D eigenvalue weighted by Crippen LogP contribution is -2.37. The van der Waals surface area contributed by atoms with Gasteiger partial charge in [-0.2, -0.15) is 0 Å². The van der Waals surface area contributed by atoms with Gasteiger partial charge in [0, 0.05) is 35.9 Å². The lowest BCUT2D eigenvalue weighted by Gasteiger charge is -2.18. The van der Waals surface area contributed by atoms with Gasteiger partial charge in [-0.05, 0) is 0 Å². The molecule has 1 atom stereocenters. The summed E-state index contributed by atoms with van der Waals surface area (Å²) in [6.45, 7) is 2.40. The Kier molecular flexibility index (Phi) is 1.51. The van der Waals surface area contributed by atoms with Gasteiger partial charge in [0.2, 0.25) is 6.54 Å². The second kappa shape index (κ2) is 2.17. The molecule has 0 amide bonds. The van der Waals surface area contributed by atoms with Crippen LogP contribution in [0.4, 0.5) is 0 Å². The zero-order valence-corrected chi connectivity index (χ0v) is 5.74. The molecular weight excluding hydrogens is 116 g/mol. The van der Waals surface area contributed by atoms with Crippen molar-refractivity contribution < 1.29 is 4.76 Å². The Hall–Kier alpha value is -0.860. The van der Waals surface area contributed by atoms with Crippen LogP contribution in [0.3, 0.4) is 0 Å². The Bertz CT molecular complexity index is 153. The topological polar surface area (TPSA) is 23.3 Å². The van der Waals surface area contributed by atoms with E-state index in [9.17, 15) is 4.91 Å². The number of nitroso groups, excluding NO2 is 1. The van der Waals surface area contributed by atoms with Crippen LogP contribution in [-0.4, -0.2) is 29.4 Å². The molecule has 0 saturated carbocycles. The summed E-state index contributed by atoms with van der Waals surface area (Å²) in [7, 11) is 1.89. The molecule has 0 saturated heterocycles. The van der Waals surface area contributed by atoms with Crippen LogP contribution in [0.2, 0.25) is 0 Å². The minimum absolute atomic E-state index is 0.00463. The maximum atomic E-state index is 10.8. The van der Waals surface area contributed by atoms with Crippen LogP contribution in [0.1, 0.15) is 6.92 Å². The minimum Gasteiger partial charge on any atom is -0.321 e. The molecule has 1 heterocycles. The lowest BCUT2D eigenvalue weighted by atomic mass is 10.4. The van der Waals surface area contributed by atoms with Crippen molar-refractivity contribution in [2.45, 2.75) is 13.1 Å². The van der Waals surface area contributed by atoms with Crippen molar-refractivity contribution in [1.82, 2.24) is 4.90 Å². The summed E-state index contributed by atoms with van der Waals surface area (Å²) in [4.78, 5) is 12.7. The monoisotopic (exact) mass is 127 g/mol. The molecule has 0 aromatic carbocycles. The van der Waals surface area contributed by atoms with Gasteiger partial charge < -0.3 is 4.90 Å². The third-order valence-corrected chi connectivity index (χ3v) is 1.63. The van der Waals surface area contributed by atoms with Crippen LogP contribution >= 0.6 is 0 Å². The summed E-state index contributed by atoms with van der Waals surface area (Å²) in [5.41, 5.74) is 0. The average molecular weight is 127 g/mol. The third-order valence-electron chi connectivity index (χ3n) is 1.63. The van der Waals surface area contributed by atoms with Crippen molar-refractivity contribution in [1.29, 1.82) is 0 Å². The summed E-state index contributed by atoms with van der Waals surface area (Å²) in [5, 5.41) is 0. The van der Waals surface area contributed by atoms with Crippen molar-refractivity contribution in [2.24, 2.45) is 0 Å². The van der Waals surface area contributed by atoms with Gasteiger partial charge in [0.25, 0.3) is 6.17 Å². The summed E-state index contributed by atoms with van der Waals surface area (Å²) in [6, 6.07) is 0. The van der Waals surface area contributed by atoms with E-state index >= 15 is 0 Å². The Labute approximate surface area is 54.5 Å². The van der Waals surface area contributed by atoms with Gasteiger partial charge in [0.1, 0.15) is 0 Å². The maximum absolute atomic E-state index is 10.8. The highest BCUT2D eigenvalue weighted by Crippen LogP contribution is 2.02. The molecule has 0 N–H and O–H groups in total. The first kappa shape index (κ1) is 6.26. The van der Waals surface area contributed by atoms with Crippen LogP contribution in [0.15, 0.2) is 12.3 Å². The first-order valence-corrected chi connectivity index (χ1v) is 3.04. The van der Waals surface area contributed by atoms with Gasteiger partial charge in [-0.1, -0.05) is 0 Å². The van der Waals surface area contributed by atoms with Crippen LogP contribution < -0.4 is 0 Å².